The Kier molecular flexibility index (Phi) is 4.55. The molecule has 0 aliphatic rings. The monoisotopic (exact) mass is 330 g/mol. The number of hydrogen-bond donors (Lipinski definition) is 1. The number of carboxylic acid groups (broad SMARTS) is 1. The number of aliphatic carboxylic acids is 1. The van der Waals surface area contributed by atoms with E-state index in [2.05, 4.69) is 20.7 Å². The zero-order valence-electron chi connectivity index (χ0n) is 8.67. The fourth-order valence-electron chi connectivity index (χ4n) is 1.10. The van der Waals surface area contributed by atoms with Gasteiger partial charge in [0.05, 0.1) is 10.9 Å². The topological polar surface area (TPSA) is 46.5 Å². The number of alkyl halides is 3. The lowest BCUT2D eigenvalue weighted by molar-refractivity contribution is -0.200. The zero-order chi connectivity index (χ0) is 13.9. The van der Waals surface area contributed by atoms with Gasteiger partial charge in [-0.2, -0.15) is 13.2 Å². The molecule has 0 aliphatic heterocycles. The van der Waals surface area contributed by atoms with Gasteiger partial charge in [0.1, 0.15) is 11.6 Å². The molecule has 0 saturated carbocycles. The molecule has 3 nitrogen and oxygen atoms in total. The average molecular weight is 331 g/mol. The second-order valence-electron chi connectivity index (χ2n) is 3.32. The second kappa shape index (κ2) is 5.55. The number of ether oxygens (including phenoxy) is 1. The highest BCUT2D eigenvalue weighted by Gasteiger charge is 2.43. The number of carbonyl (C=O) groups is 1. The molecule has 1 unspecified atom stereocenters. The molecule has 1 N–H and O–H groups in total. The van der Waals surface area contributed by atoms with Crippen LogP contribution in [-0.2, 0) is 4.79 Å². The molecule has 0 heterocycles. The maximum atomic E-state index is 13.1. The third-order valence-corrected chi connectivity index (χ3v) is 2.54. The predicted octanol–water partition coefficient (Wildman–Crippen LogP) is 3.37. The van der Waals surface area contributed by atoms with E-state index in [-0.39, 0.29) is 10.2 Å². The summed E-state index contributed by atoms with van der Waals surface area (Å²) in [7, 11) is 0. The van der Waals surface area contributed by atoms with Gasteiger partial charge in [0.2, 0.25) is 6.10 Å². The summed E-state index contributed by atoms with van der Waals surface area (Å²) in [6.45, 7) is 0. The van der Waals surface area contributed by atoms with Crippen LogP contribution in [0.15, 0.2) is 22.7 Å². The SMILES string of the molecule is O=C(O)CC(Oc1ccc(Br)c(F)c1)C(F)(F)F. The largest absolute Gasteiger partial charge is 0.481 e. The van der Waals surface area contributed by atoms with Gasteiger partial charge >= 0.3 is 12.1 Å². The molecule has 8 heteroatoms. The van der Waals surface area contributed by atoms with E-state index in [0.717, 1.165) is 12.1 Å². The van der Waals surface area contributed by atoms with E-state index in [1.165, 1.54) is 6.07 Å². The maximum absolute atomic E-state index is 13.1. The van der Waals surface area contributed by atoms with Crippen LogP contribution in [0.25, 0.3) is 0 Å². The minimum atomic E-state index is -4.85. The number of hydrogen-bond acceptors (Lipinski definition) is 2. The Morgan fingerprint density at radius 2 is 2.06 bits per heavy atom. The number of benzene rings is 1. The van der Waals surface area contributed by atoms with Crippen molar-refractivity contribution >= 4 is 21.9 Å². The summed E-state index contributed by atoms with van der Waals surface area (Å²) in [6.07, 6.45) is -8.61. The molecule has 1 aromatic rings. The fourth-order valence-corrected chi connectivity index (χ4v) is 1.34. The molecule has 100 valence electrons. The Morgan fingerprint density at radius 3 is 2.50 bits per heavy atom. The van der Waals surface area contributed by atoms with Crippen LogP contribution in [0.3, 0.4) is 0 Å². The molecule has 0 aliphatic carbocycles. The van der Waals surface area contributed by atoms with Gasteiger partial charge in [-0.15, -0.1) is 0 Å². The summed E-state index contributed by atoms with van der Waals surface area (Å²) in [5.74, 6) is -2.85. The van der Waals surface area contributed by atoms with Crippen LogP contribution in [0, 0.1) is 5.82 Å². The highest BCUT2D eigenvalue weighted by atomic mass is 79.9. The van der Waals surface area contributed by atoms with Crippen molar-refractivity contribution < 1.29 is 32.2 Å². The first kappa shape index (κ1) is 14.7. The minimum Gasteiger partial charge on any atom is -0.481 e. The molecule has 0 amide bonds. The Hall–Kier alpha value is -1.31. The molecule has 0 aromatic heterocycles. The normalized spacial score (nSPS) is 13.2. The third kappa shape index (κ3) is 4.17. The van der Waals surface area contributed by atoms with E-state index in [4.69, 9.17) is 5.11 Å². The number of carboxylic acids is 1. The lowest BCUT2D eigenvalue weighted by Crippen LogP contribution is -2.36. The van der Waals surface area contributed by atoms with Crippen molar-refractivity contribution in [3.63, 3.8) is 0 Å². The molecule has 18 heavy (non-hydrogen) atoms. The van der Waals surface area contributed by atoms with Crippen LogP contribution in [0.4, 0.5) is 17.6 Å². The lowest BCUT2D eigenvalue weighted by atomic mass is 10.2. The van der Waals surface area contributed by atoms with Crippen molar-refractivity contribution in [2.75, 3.05) is 0 Å². The summed E-state index contributed by atoms with van der Waals surface area (Å²) >= 11 is 2.83. The molecule has 0 spiro atoms. The van der Waals surface area contributed by atoms with Crippen molar-refractivity contribution in [3.8, 4) is 5.75 Å². The second-order valence-corrected chi connectivity index (χ2v) is 4.18. The maximum Gasteiger partial charge on any atom is 0.425 e. The summed E-state index contributed by atoms with van der Waals surface area (Å²) in [6, 6.07) is 3.01. The van der Waals surface area contributed by atoms with E-state index in [1.54, 1.807) is 0 Å². The standard InChI is InChI=1S/C10H7BrF4O3/c11-6-2-1-5(3-7(6)12)18-8(4-9(16)17)10(13,14)15/h1-3,8H,4H2,(H,16,17). The van der Waals surface area contributed by atoms with E-state index >= 15 is 0 Å². The van der Waals surface area contributed by atoms with Crippen molar-refractivity contribution in [1.29, 1.82) is 0 Å². The van der Waals surface area contributed by atoms with E-state index < -0.39 is 30.5 Å². The molecule has 0 saturated heterocycles. The van der Waals surface area contributed by atoms with E-state index in [1.807, 2.05) is 0 Å². The van der Waals surface area contributed by atoms with Crippen LogP contribution in [-0.4, -0.2) is 23.4 Å². The number of halogens is 5. The molecular weight excluding hydrogens is 324 g/mol. The summed E-state index contributed by atoms with van der Waals surface area (Å²) in [5.41, 5.74) is 0. The first-order valence-corrected chi connectivity index (χ1v) is 5.39. The van der Waals surface area contributed by atoms with Crippen molar-refractivity contribution in [3.05, 3.63) is 28.5 Å². The van der Waals surface area contributed by atoms with Gasteiger partial charge < -0.3 is 9.84 Å². The lowest BCUT2D eigenvalue weighted by Gasteiger charge is -2.20. The Morgan fingerprint density at radius 1 is 1.44 bits per heavy atom. The Bertz CT molecular complexity index is 447. The summed E-state index contributed by atoms with van der Waals surface area (Å²) < 4.78 is 55.0. The third-order valence-electron chi connectivity index (χ3n) is 1.89. The molecular formula is C10H7BrF4O3. The average Bonchev–Trinajstić information content (AvgIpc) is 2.20. The van der Waals surface area contributed by atoms with Gasteiger partial charge in [0.15, 0.2) is 0 Å². The molecule has 1 aromatic carbocycles. The van der Waals surface area contributed by atoms with Gasteiger partial charge in [-0.05, 0) is 28.1 Å². The van der Waals surface area contributed by atoms with Crippen molar-refractivity contribution in [2.45, 2.75) is 18.7 Å². The Labute approximate surface area is 107 Å². The zero-order valence-corrected chi connectivity index (χ0v) is 10.3. The first-order chi connectivity index (χ1) is 8.20. The predicted molar refractivity (Wildman–Crippen MR) is 56.8 cm³/mol. The van der Waals surface area contributed by atoms with Crippen molar-refractivity contribution in [1.82, 2.24) is 0 Å². The smallest absolute Gasteiger partial charge is 0.425 e. The van der Waals surface area contributed by atoms with Gasteiger partial charge in [0, 0.05) is 6.07 Å². The molecule has 0 radical (unpaired) electrons. The summed E-state index contributed by atoms with van der Waals surface area (Å²) in [4.78, 5) is 10.3. The summed E-state index contributed by atoms with van der Waals surface area (Å²) in [5, 5.41) is 8.36. The van der Waals surface area contributed by atoms with Gasteiger partial charge in [0.25, 0.3) is 0 Å². The van der Waals surface area contributed by atoms with Crippen LogP contribution in [0.1, 0.15) is 6.42 Å². The van der Waals surface area contributed by atoms with E-state index in [0.29, 0.717) is 0 Å². The number of rotatable bonds is 4. The molecule has 0 fully saturated rings. The minimum absolute atomic E-state index is 0.0663. The van der Waals surface area contributed by atoms with Gasteiger partial charge in [-0.25, -0.2) is 4.39 Å². The quantitative estimate of drug-likeness (QED) is 0.861. The van der Waals surface area contributed by atoms with Crippen LogP contribution in [0.2, 0.25) is 0 Å². The van der Waals surface area contributed by atoms with Crippen LogP contribution >= 0.6 is 15.9 Å². The van der Waals surface area contributed by atoms with Crippen LogP contribution in [0.5, 0.6) is 5.75 Å². The molecule has 1 atom stereocenters. The van der Waals surface area contributed by atoms with Crippen LogP contribution < -0.4 is 4.74 Å². The fraction of sp³-hybridized carbons (Fsp3) is 0.300. The van der Waals surface area contributed by atoms with Crippen molar-refractivity contribution in [2.24, 2.45) is 0 Å². The van der Waals surface area contributed by atoms with E-state index in [9.17, 15) is 22.4 Å². The highest BCUT2D eigenvalue weighted by Crippen LogP contribution is 2.29. The Balaban J connectivity index is 2.89. The first-order valence-electron chi connectivity index (χ1n) is 4.60. The highest BCUT2D eigenvalue weighted by molar-refractivity contribution is 9.10. The van der Waals surface area contributed by atoms with Gasteiger partial charge in [-0.3, -0.25) is 4.79 Å². The van der Waals surface area contributed by atoms with Gasteiger partial charge in [-0.1, -0.05) is 0 Å². The molecule has 0 bridgehead atoms. The molecule has 1 rings (SSSR count).